The molecule has 7 nitrogen and oxygen atoms in total. The molecule has 0 spiro atoms. The number of carboxylic acid groups (broad SMARTS) is 1. The van der Waals surface area contributed by atoms with Crippen LogP contribution in [0.25, 0.3) is 0 Å². The number of rotatable bonds is 5. The Morgan fingerprint density at radius 3 is 2.80 bits per heavy atom. The smallest absolute Gasteiger partial charge is 0.335 e. The van der Waals surface area contributed by atoms with Gasteiger partial charge >= 0.3 is 5.97 Å². The summed E-state index contributed by atoms with van der Waals surface area (Å²) in [5.74, 6) is -1.21. The van der Waals surface area contributed by atoms with E-state index in [1.54, 1.807) is 10.7 Å². The summed E-state index contributed by atoms with van der Waals surface area (Å²) in [6, 6.07) is 4.41. The number of aryl methyl sites for hydroxylation is 1. The Balaban J connectivity index is 1.95. The number of carboxylic acids is 1. The number of aromatic carboxylic acids is 1. The fourth-order valence-corrected chi connectivity index (χ4v) is 2.00. The number of hydrogen-bond acceptors (Lipinski definition) is 4. The van der Waals surface area contributed by atoms with E-state index in [0.29, 0.717) is 16.7 Å². The average Bonchev–Trinajstić information content (AvgIpc) is 2.91. The fourth-order valence-electron chi connectivity index (χ4n) is 1.53. The Hall–Kier alpha value is -2.22. The molecule has 8 heteroatoms. The van der Waals surface area contributed by atoms with Crippen molar-refractivity contribution < 1.29 is 14.7 Å². The summed E-state index contributed by atoms with van der Waals surface area (Å²) in [4.78, 5) is 26.3. The van der Waals surface area contributed by atoms with E-state index in [-0.39, 0.29) is 17.9 Å². The van der Waals surface area contributed by atoms with Crippen LogP contribution in [0.1, 0.15) is 16.8 Å². The zero-order chi connectivity index (χ0) is 14.5. The van der Waals surface area contributed by atoms with Crippen molar-refractivity contribution in [3.05, 3.63) is 40.9 Å². The Bertz CT molecular complexity index is 628. The SMILES string of the molecule is O=C(CCn1cncn1)Nc1ccc(C(=O)O)cc1Br. The number of aromatic nitrogens is 3. The maximum absolute atomic E-state index is 11.8. The van der Waals surface area contributed by atoms with Gasteiger partial charge in [-0.15, -0.1) is 0 Å². The molecule has 0 aliphatic heterocycles. The molecular formula is C12H11BrN4O3. The maximum Gasteiger partial charge on any atom is 0.335 e. The van der Waals surface area contributed by atoms with Gasteiger partial charge in [0.15, 0.2) is 0 Å². The van der Waals surface area contributed by atoms with Crippen LogP contribution in [-0.2, 0) is 11.3 Å². The predicted molar refractivity (Wildman–Crippen MR) is 74.4 cm³/mol. The van der Waals surface area contributed by atoms with Crippen molar-refractivity contribution in [2.24, 2.45) is 0 Å². The molecule has 1 amide bonds. The molecule has 104 valence electrons. The van der Waals surface area contributed by atoms with E-state index in [1.165, 1.54) is 24.8 Å². The quantitative estimate of drug-likeness (QED) is 0.865. The molecule has 0 aliphatic rings. The van der Waals surface area contributed by atoms with Gasteiger partial charge in [-0.25, -0.2) is 9.78 Å². The summed E-state index contributed by atoms with van der Waals surface area (Å²) in [7, 11) is 0. The fraction of sp³-hybridized carbons (Fsp3) is 0.167. The topological polar surface area (TPSA) is 97.1 Å². The van der Waals surface area contributed by atoms with Crippen LogP contribution in [0.4, 0.5) is 5.69 Å². The molecule has 1 heterocycles. The summed E-state index contributed by atoms with van der Waals surface area (Å²) in [5, 5.41) is 15.4. The lowest BCUT2D eigenvalue weighted by molar-refractivity contribution is -0.116. The first kappa shape index (κ1) is 14.2. The zero-order valence-electron chi connectivity index (χ0n) is 10.3. The first-order chi connectivity index (χ1) is 9.56. The predicted octanol–water partition coefficient (Wildman–Crippen LogP) is 1.77. The second kappa shape index (κ2) is 6.29. The number of anilines is 1. The van der Waals surface area contributed by atoms with Gasteiger partial charge in [-0.1, -0.05) is 0 Å². The molecule has 1 aromatic heterocycles. The minimum absolute atomic E-state index is 0.150. The van der Waals surface area contributed by atoms with Crippen LogP contribution >= 0.6 is 15.9 Å². The Morgan fingerprint density at radius 2 is 2.20 bits per heavy atom. The number of benzene rings is 1. The van der Waals surface area contributed by atoms with Gasteiger partial charge in [-0.3, -0.25) is 9.48 Å². The van der Waals surface area contributed by atoms with Crippen molar-refractivity contribution in [3.8, 4) is 0 Å². The third-order valence-corrected chi connectivity index (χ3v) is 3.18. The third-order valence-electron chi connectivity index (χ3n) is 2.52. The lowest BCUT2D eigenvalue weighted by Crippen LogP contribution is -2.15. The first-order valence-electron chi connectivity index (χ1n) is 5.71. The van der Waals surface area contributed by atoms with Crippen LogP contribution in [0.5, 0.6) is 0 Å². The Labute approximate surface area is 122 Å². The van der Waals surface area contributed by atoms with Crippen molar-refractivity contribution in [1.82, 2.24) is 14.8 Å². The molecule has 2 rings (SSSR count). The number of halogens is 1. The largest absolute Gasteiger partial charge is 0.478 e. The summed E-state index contributed by atoms with van der Waals surface area (Å²) >= 11 is 3.23. The molecule has 0 saturated carbocycles. The third kappa shape index (κ3) is 3.64. The molecule has 0 atom stereocenters. The number of carbonyl (C=O) groups is 2. The highest BCUT2D eigenvalue weighted by Gasteiger charge is 2.09. The van der Waals surface area contributed by atoms with E-state index in [4.69, 9.17) is 5.11 Å². The summed E-state index contributed by atoms with van der Waals surface area (Å²) in [6.07, 6.45) is 3.18. The minimum atomic E-state index is -1.02. The van der Waals surface area contributed by atoms with E-state index < -0.39 is 5.97 Å². The molecular weight excluding hydrogens is 328 g/mol. The summed E-state index contributed by atoms with van der Waals surface area (Å²) < 4.78 is 2.08. The van der Waals surface area contributed by atoms with Crippen LogP contribution < -0.4 is 5.32 Å². The highest BCUT2D eigenvalue weighted by atomic mass is 79.9. The molecule has 2 aromatic rings. The molecule has 0 fully saturated rings. The molecule has 0 saturated heterocycles. The van der Waals surface area contributed by atoms with Crippen LogP contribution in [0.2, 0.25) is 0 Å². The summed E-state index contributed by atoms with van der Waals surface area (Å²) in [6.45, 7) is 0.427. The van der Waals surface area contributed by atoms with Crippen LogP contribution in [0.3, 0.4) is 0 Å². The van der Waals surface area contributed by atoms with Crippen molar-refractivity contribution in [3.63, 3.8) is 0 Å². The maximum atomic E-state index is 11.8. The lowest BCUT2D eigenvalue weighted by Gasteiger charge is -2.08. The van der Waals surface area contributed by atoms with Crippen molar-refractivity contribution in [1.29, 1.82) is 0 Å². The Morgan fingerprint density at radius 1 is 1.40 bits per heavy atom. The number of nitrogens with zero attached hydrogens (tertiary/aromatic N) is 3. The molecule has 0 aliphatic carbocycles. The molecule has 0 radical (unpaired) electrons. The number of nitrogens with one attached hydrogen (secondary N) is 1. The molecule has 1 aromatic carbocycles. The number of amides is 1. The van der Waals surface area contributed by atoms with Gasteiger partial charge in [-0.05, 0) is 34.1 Å². The monoisotopic (exact) mass is 338 g/mol. The highest BCUT2D eigenvalue weighted by Crippen LogP contribution is 2.23. The zero-order valence-corrected chi connectivity index (χ0v) is 11.9. The van der Waals surface area contributed by atoms with E-state index in [9.17, 15) is 9.59 Å². The standard InChI is InChI=1S/C12H11BrN4O3/c13-9-5-8(12(19)20)1-2-10(9)16-11(18)3-4-17-7-14-6-15-17/h1-2,5-7H,3-4H2,(H,16,18)(H,19,20). The minimum Gasteiger partial charge on any atom is -0.478 e. The average molecular weight is 339 g/mol. The molecule has 20 heavy (non-hydrogen) atoms. The van der Waals surface area contributed by atoms with Gasteiger partial charge in [0.1, 0.15) is 12.7 Å². The van der Waals surface area contributed by atoms with Crippen LogP contribution in [0, 0.1) is 0 Å². The van der Waals surface area contributed by atoms with Gasteiger partial charge in [0.2, 0.25) is 5.91 Å². The molecule has 0 bridgehead atoms. The van der Waals surface area contributed by atoms with Gasteiger partial charge < -0.3 is 10.4 Å². The number of hydrogen-bond donors (Lipinski definition) is 2. The molecule has 0 unspecified atom stereocenters. The second-order valence-electron chi connectivity index (χ2n) is 3.96. The summed E-state index contributed by atoms with van der Waals surface area (Å²) in [5.41, 5.74) is 0.677. The second-order valence-corrected chi connectivity index (χ2v) is 4.81. The van der Waals surface area contributed by atoms with E-state index in [2.05, 4.69) is 31.3 Å². The highest BCUT2D eigenvalue weighted by molar-refractivity contribution is 9.10. The van der Waals surface area contributed by atoms with Crippen LogP contribution in [0.15, 0.2) is 35.3 Å². The first-order valence-corrected chi connectivity index (χ1v) is 6.50. The van der Waals surface area contributed by atoms with Gasteiger partial charge in [0.05, 0.1) is 17.8 Å². The van der Waals surface area contributed by atoms with Gasteiger partial charge in [-0.2, -0.15) is 5.10 Å². The number of carbonyl (C=O) groups excluding carboxylic acids is 1. The normalized spacial score (nSPS) is 10.2. The van der Waals surface area contributed by atoms with E-state index in [0.717, 1.165) is 0 Å². The van der Waals surface area contributed by atoms with E-state index in [1.807, 2.05) is 0 Å². The van der Waals surface area contributed by atoms with Gasteiger partial charge in [0.25, 0.3) is 0 Å². The van der Waals surface area contributed by atoms with E-state index >= 15 is 0 Å². The van der Waals surface area contributed by atoms with Crippen LogP contribution in [-0.4, -0.2) is 31.7 Å². The molecule has 2 N–H and O–H groups in total. The Kier molecular flexibility index (Phi) is 4.46. The lowest BCUT2D eigenvalue weighted by atomic mass is 10.2. The van der Waals surface area contributed by atoms with Crippen molar-refractivity contribution >= 4 is 33.5 Å². The van der Waals surface area contributed by atoms with Crippen molar-refractivity contribution in [2.75, 3.05) is 5.32 Å². The van der Waals surface area contributed by atoms with Gasteiger partial charge in [0, 0.05) is 10.9 Å². The van der Waals surface area contributed by atoms with Crippen molar-refractivity contribution in [2.45, 2.75) is 13.0 Å².